The van der Waals surface area contributed by atoms with Gasteiger partial charge in [0.25, 0.3) is 0 Å². The molecule has 0 fully saturated rings. The Balaban J connectivity index is 1.18. The number of rotatable bonds is 4. The maximum absolute atomic E-state index is 6.80. The van der Waals surface area contributed by atoms with Crippen molar-refractivity contribution in [3.05, 3.63) is 145 Å². The number of thiophene rings is 1. The molecule has 0 N–H and O–H groups in total. The number of fused-ring (bicyclic) bond motifs is 10. The van der Waals surface area contributed by atoms with Gasteiger partial charge in [0.15, 0.2) is 0 Å². The van der Waals surface area contributed by atoms with Gasteiger partial charge in [-0.3, -0.25) is 9.13 Å². The van der Waals surface area contributed by atoms with Gasteiger partial charge in [-0.05, 0) is 88.7 Å². The number of para-hydroxylation sites is 1. The van der Waals surface area contributed by atoms with E-state index in [1.165, 1.54) is 47.6 Å². The van der Waals surface area contributed by atoms with Gasteiger partial charge in [-0.15, -0.1) is 11.3 Å². The van der Waals surface area contributed by atoms with Crippen LogP contribution in [-0.2, 0) is 10.8 Å². The summed E-state index contributed by atoms with van der Waals surface area (Å²) < 4.78 is 14.0. The van der Waals surface area contributed by atoms with Crippen molar-refractivity contribution in [2.75, 3.05) is 0 Å². The van der Waals surface area contributed by atoms with Crippen LogP contribution in [0.15, 0.2) is 134 Å². The molecule has 10 aromatic rings. The van der Waals surface area contributed by atoms with E-state index in [1.54, 1.807) is 0 Å². The Bertz CT molecular complexity index is 3110. The molecule has 0 aliphatic rings. The van der Waals surface area contributed by atoms with Gasteiger partial charge in [0, 0.05) is 66.2 Å². The fourth-order valence-corrected chi connectivity index (χ4v) is 9.11. The Labute approximate surface area is 318 Å². The largest absolute Gasteiger partial charge is 0.457 e. The van der Waals surface area contributed by atoms with Gasteiger partial charge >= 0.3 is 0 Å². The van der Waals surface area contributed by atoms with Crippen molar-refractivity contribution in [3.63, 3.8) is 0 Å². The van der Waals surface area contributed by atoms with Gasteiger partial charge in [-0.25, -0.2) is 9.97 Å². The molecule has 0 saturated heterocycles. The Morgan fingerprint density at radius 3 is 1.69 bits per heavy atom. The van der Waals surface area contributed by atoms with E-state index in [9.17, 15) is 0 Å². The molecule has 5 aromatic carbocycles. The third-order valence-corrected chi connectivity index (χ3v) is 11.9. The van der Waals surface area contributed by atoms with Crippen LogP contribution in [0.4, 0.5) is 0 Å². The molecule has 0 bridgehead atoms. The minimum Gasteiger partial charge on any atom is -0.457 e. The topological polar surface area (TPSA) is 44.9 Å². The molecule has 0 unspecified atom stereocenters. The van der Waals surface area contributed by atoms with Crippen molar-refractivity contribution in [1.82, 2.24) is 19.1 Å². The van der Waals surface area contributed by atoms with Gasteiger partial charge in [-0.1, -0.05) is 84.0 Å². The lowest BCUT2D eigenvalue weighted by Crippen LogP contribution is -2.12. The standard InChI is InChI=1S/C48H40N4OS/c1-47(2,3)29-21-23-49-43(25-29)51-38-13-9-7-11-33(38)34-17-15-31(27-39(34)51)53-32-16-18-35-36-19-20-42-45(37-12-8-10-14-41(37)54-42)46(36)52(40(35)28-32)44-26-30(22-24-50-44)48(4,5)6/h7-28H,1-6H3. The van der Waals surface area contributed by atoms with E-state index >= 15 is 0 Å². The number of pyridine rings is 2. The average molecular weight is 721 g/mol. The van der Waals surface area contributed by atoms with Crippen molar-refractivity contribution in [2.45, 2.75) is 52.4 Å². The zero-order chi connectivity index (χ0) is 36.9. The number of hydrogen-bond donors (Lipinski definition) is 0. The summed E-state index contributed by atoms with van der Waals surface area (Å²) in [5.74, 6) is 3.33. The first-order chi connectivity index (χ1) is 26.0. The molecule has 0 aliphatic carbocycles. The van der Waals surface area contributed by atoms with Crippen molar-refractivity contribution in [2.24, 2.45) is 0 Å². The Kier molecular flexibility index (Phi) is 7.11. The summed E-state index contributed by atoms with van der Waals surface area (Å²) in [5.41, 5.74) is 6.85. The minimum atomic E-state index is -0.0280. The first-order valence-electron chi connectivity index (χ1n) is 18.6. The molecule has 54 heavy (non-hydrogen) atoms. The number of aromatic nitrogens is 4. The van der Waals surface area contributed by atoms with Crippen LogP contribution in [-0.4, -0.2) is 19.1 Å². The molecule has 0 aliphatic heterocycles. The van der Waals surface area contributed by atoms with Gasteiger partial charge in [0.1, 0.15) is 23.1 Å². The predicted molar refractivity (Wildman–Crippen MR) is 228 cm³/mol. The van der Waals surface area contributed by atoms with Crippen LogP contribution in [0.25, 0.3) is 75.4 Å². The Hall–Kier alpha value is -5.98. The summed E-state index contributed by atoms with van der Waals surface area (Å²) in [6, 6.07) is 43.4. The number of benzene rings is 5. The molecule has 5 aromatic heterocycles. The molecule has 10 rings (SSSR count). The molecule has 264 valence electrons. The lowest BCUT2D eigenvalue weighted by Gasteiger charge is -2.20. The van der Waals surface area contributed by atoms with Gasteiger partial charge in [0.05, 0.1) is 22.1 Å². The molecular weight excluding hydrogens is 681 g/mol. The van der Waals surface area contributed by atoms with E-state index in [0.717, 1.165) is 50.5 Å². The maximum Gasteiger partial charge on any atom is 0.137 e. The molecule has 0 amide bonds. The van der Waals surface area contributed by atoms with Crippen LogP contribution in [0.1, 0.15) is 52.7 Å². The van der Waals surface area contributed by atoms with Gasteiger partial charge in [0.2, 0.25) is 0 Å². The quantitative estimate of drug-likeness (QED) is 0.182. The van der Waals surface area contributed by atoms with Crippen LogP contribution in [0.2, 0.25) is 0 Å². The third kappa shape index (κ3) is 5.12. The zero-order valence-electron chi connectivity index (χ0n) is 31.3. The van der Waals surface area contributed by atoms with E-state index < -0.39 is 0 Å². The smallest absolute Gasteiger partial charge is 0.137 e. The fourth-order valence-electron chi connectivity index (χ4n) is 8.01. The second-order valence-corrected chi connectivity index (χ2v) is 17.5. The van der Waals surface area contributed by atoms with Crippen LogP contribution in [0.3, 0.4) is 0 Å². The lowest BCUT2D eigenvalue weighted by atomic mass is 9.88. The van der Waals surface area contributed by atoms with Gasteiger partial charge in [-0.2, -0.15) is 0 Å². The van der Waals surface area contributed by atoms with E-state index in [-0.39, 0.29) is 10.8 Å². The molecule has 0 radical (unpaired) electrons. The average Bonchev–Trinajstić information content (AvgIpc) is 3.81. The normalized spacial score (nSPS) is 12.6. The maximum atomic E-state index is 6.80. The second-order valence-electron chi connectivity index (χ2n) is 16.4. The minimum absolute atomic E-state index is 0.00227. The Morgan fingerprint density at radius 2 is 1.02 bits per heavy atom. The molecule has 0 atom stereocenters. The molecule has 5 nitrogen and oxygen atoms in total. The zero-order valence-corrected chi connectivity index (χ0v) is 32.1. The van der Waals surface area contributed by atoms with E-state index in [2.05, 4.69) is 172 Å². The summed E-state index contributed by atoms with van der Waals surface area (Å²) in [6.07, 6.45) is 3.87. The number of ether oxygens (including phenoxy) is 1. The SMILES string of the molecule is CC(C)(C)c1ccnc(-n2c3ccccc3c3ccc(Oc4ccc5c6ccc7sc8ccccc8c7c6n(-c6cc(C(C)(C)C)ccn6)c5c4)cc32)c1. The number of hydrogen-bond acceptors (Lipinski definition) is 4. The lowest BCUT2D eigenvalue weighted by molar-refractivity contribution is 0.484. The van der Waals surface area contributed by atoms with Crippen molar-refractivity contribution in [3.8, 4) is 23.1 Å². The van der Waals surface area contributed by atoms with Crippen LogP contribution >= 0.6 is 11.3 Å². The highest BCUT2D eigenvalue weighted by Crippen LogP contribution is 2.44. The first kappa shape index (κ1) is 32.7. The second kappa shape index (κ2) is 11.8. The van der Waals surface area contributed by atoms with E-state index in [4.69, 9.17) is 14.7 Å². The summed E-state index contributed by atoms with van der Waals surface area (Å²) in [7, 11) is 0. The summed E-state index contributed by atoms with van der Waals surface area (Å²) >= 11 is 1.84. The highest BCUT2D eigenvalue weighted by molar-refractivity contribution is 7.26. The van der Waals surface area contributed by atoms with E-state index in [1.807, 2.05) is 23.7 Å². The first-order valence-corrected chi connectivity index (χ1v) is 19.4. The van der Waals surface area contributed by atoms with Crippen molar-refractivity contribution >= 4 is 75.1 Å². The molecule has 0 saturated carbocycles. The Morgan fingerprint density at radius 1 is 0.481 bits per heavy atom. The molecular formula is C48H40N4OS. The highest BCUT2D eigenvalue weighted by atomic mass is 32.1. The van der Waals surface area contributed by atoms with Gasteiger partial charge < -0.3 is 4.74 Å². The van der Waals surface area contributed by atoms with Crippen LogP contribution < -0.4 is 4.74 Å². The van der Waals surface area contributed by atoms with Crippen LogP contribution in [0.5, 0.6) is 11.5 Å². The van der Waals surface area contributed by atoms with Crippen LogP contribution in [0, 0.1) is 0 Å². The van der Waals surface area contributed by atoms with Crippen molar-refractivity contribution < 1.29 is 4.74 Å². The van der Waals surface area contributed by atoms with E-state index in [0.29, 0.717) is 0 Å². The fraction of sp³-hybridized carbons (Fsp3) is 0.167. The molecule has 5 heterocycles. The molecule has 0 spiro atoms. The third-order valence-electron chi connectivity index (χ3n) is 10.8. The van der Waals surface area contributed by atoms with Crippen molar-refractivity contribution in [1.29, 1.82) is 0 Å². The summed E-state index contributed by atoms with van der Waals surface area (Å²) in [6.45, 7) is 13.5. The monoisotopic (exact) mass is 720 g/mol. The summed E-state index contributed by atoms with van der Waals surface area (Å²) in [4.78, 5) is 9.89. The summed E-state index contributed by atoms with van der Waals surface area (Å²) in [5, 5.41) is 7.24. The highest BCUT2D eigenvalue weighted by Gasteiger charge is 2.22. The molecule has 6 heteroatoms. The predicted octanol–water partition coefficient (Wildman–Crippen LogP) is 13.4. The number of nitrogens with zero attached hydrogens (tertiary/aromatic N) is 4.